The predicted octanol–water partition coefficient (Wildman–Crippen LogP) is 3.71. The molecular weight excluding hydrogens is 252 g/mol. The molecule has 0 aliphatic heterocycles. The van der Waals surface area contributed by atoms with Crippen LogP contribution >= 0.6 is 24.0 Å². The minimum Gasteiger partial charge on any atom is -0.489 e. The number of hydrogen-bond donors (Lipinski definition) is 1. The van der Waals surface area contributed by atoms with E-state index in [1.54, 1.807) is 13.0 Å². The van der Waals surface area contributed by atoms with Gasteiger partial charge in [0, 0.05) is 6.04 Å². The van der Waals surface area contributed by atoms with Crippen molar-refractivity contribution in [2.24, 2.45) is 5.73 Å². The zero-order chi connectivity index (χ0) is 11.4. The van der Waals surface area contributed by atoms with E-state index in [0.717, 1.165) is 6.42 Å². The molecule has 0 aliphatic rings. The number of halogens is 3. The van der Waals surface area contributed by atoms with Gasteiger partial charge < -0.3 is 10.5 Å². The smallest absolute Gasteiger partial charge is 0.173 e. The average molecular weight is 268 g/mol. The van der Waals surface area contributed by atoms with Crippen LogP contribution in [0.4, 0.5) is 4.39 Å². The molecule has 0 heterocycles. The van der Waals surface area contributed by atoms with E-state index in [-0.39, 0.29) is 29.2 Å². The van der Waals surface area contributed by atoms with E-state index in [1.165, 1.54) is 6.07 Å². The first-order valence-electron chi connectivity index (χ1n) is 4.97. The van der Waals surface area contributed by atoms with E-state index in [9.17, 15) is 4.39 Å². The van der Waals surface area contributed by atoms with Gasteiger partial charge in [0.15, 0.2) is 11.6 Å². The molecule has 0 unspecified atom stereocenters. The molecule has 1 atom stereocenters. The number of benzene rings is 1. The van der Waals surface area contributed by atoms with Crippen molar-refractivity contribution < 1.29 is 9.13 Å². The summed E-state index contributed by atoms with van der Waals surface area (Å²) in [6, 6.07) is 2.85. The van der Waals surface area contributed by atoms with Crippen LogP contribution in [-0.2, 0) is 0 Å². The Morgan fingerprint density at radius 1 is 1.44 bits per heavy atom. The van der Waals surface area contributed by atoms with Gasteiger partial charge in [0.1, 0.15) is 0 Å². The molecule has 0 saturated carbocycles. The number of nitrogens with two attached hydrogens (primary N) is 1. The van der Waals surface area contributed by atoms with Gasteiger partial charge >= 0.3 is 0 Å². The third kappa shape index (κ3) is 3.51. The van der Waals surface area contributed by atoms with Crippen LogP contribution in [0.1, 0.15) is 31.9 Å². The van der Waals surface area contributed by atoms with E-state index in [4.69, 9.17) is 22.1 Å². The Hall–Kier alpha value is -0.510. The second kappa shape index (κ2) is 6.94. The molecule has 0 bridgehead atoms. The largest absolute Gasteiger partial charge is 0.489 e. The Morgan fingerprint density at radius 2 is 2.06 bits per heavy atom. The molecule has 0 aromatic heterocycles. The van der Waals surface area contributed by atoms with Gasteiger partial charge in [-0.25, -0.2) is 4.39 Å². The average Bonchev–Trinajstić information content (AvgIpc) is 2.22. The Kier molecular flexibility index (Phi) is 6.72. The highest BCUT2D eigenvalue weighted by molar-refractivity contribution is 6.32. The van der Waals surface area contributed by atoms with Crippen molar-refractivity contribution in [3.63, 3.8) is 0 Å². The molecule has 1 rings (SSSR count). The highest BCUT2D eigenvalue weighted by Crippen LogP contribution is 2.31. The van der Waals surface area contributed by atoms with Gasteiger partial charge in [0.05, 0.1) is 11.6 Å². The third-order valence-corrected chi connectivity index (χ3v) is 2.46. The second-order valence-electron chi connectivity index (χ2n) is 3.26. The Balaban J connectivity index is 0.00000225. The minimum absolute atomic E-state index is 0. The fourth-order valence-corrected chi connectivity index (χ4v) is 1.58. The molecule has 0 fully saturated rings. The van der Waals surface area contributed by atoms with Crippen molar-refractivity contribution in [1.82, 2.24) is 0 Å². The molecule has 5 heteroatoms. The Bertz CT molecular complexity index is 324. The lowest BCUT2D eigenvalue weighted by Gasteiger charge is -2.13. The van der Waals surface area contributed by atoms with Gasteiger partial charge in [-0.2, -0.15) is 0 Å². The van der Waals surface area contributed by atoms with Crippen LogP contribution < -0.4 is 10.5 Å². The maximum absolute atomic E-state index is 13.5. The van der Waals surface area contributed by atoms with Gasteiger partial charge in [0.25, 0.3) is 0 Å². The molecule has 0 spiro atoms. The molecule has 0 aliphatic carbocycles. The fourth-order valence-electron chi connectivity index (χ4n) is 1.31. The molecule has 0 radical (unpaired) electrons. The molecule has 2 nitrogen and oxygen atoms in total. The molecule has 1 aromatic carbocycles. The van der Waals surface area contributed by atoms with Crippen LogP contribution in [0.5, 0.6) is 5.75 Å². The topological polar surface area (TPSA) is 35.2 Å². The van der Waals surface area contributed by atoms with Crippen molar-refractivity contribution in [3.05, 3.63) is 28.5 Å². The highest BCUT2D eigenvalue weighted by Gasteiger charge is 2.13. The summed E-state index contributed by atoms with van der Waals surface area (Å²) >= 11 is 5.89. The maximum atomic E-state index is 13.5. The monoisotopic (exact) mass is 267 g/mol. The van der Waals surface area contributed by atoms with Crippen LogP contribution in [-0.4, -0.2) is 6.61 Å². The van der Waals surface area contributed by atoms with E-state index in [1.807, 2.05) is 6.92 Å². The van der Waals surface area contributed by atoms with Crippen molar-refractivity contribution in [2.45, 2.75) is 26.3 Å². The lowest BCUT2D eigenvalue weighted by atomic mass is 10.1. The fraction of sp³-hybridized carbons (Fsp3) is 0.455. The molecule has 92 valence electrons. The highest BCUT2D eigenvalue weighted by atomic mass is 35.5. The first-order chi connectivity index (χ1) is 7.10. The summed E-state index contributed by atoms with van der Waals surface area (Å²) in [6.45, 7) is 4.10. The Morgan fingerprint density at radius 3 is 2.50 bits per heavy atom. The van der Waals surface area contributed by atoms with Crippen LogP contribution in [0.2, 0.25) is 5.02 Å². The second-order valence-corrected chi connectivity index (χ2v) is 3.67. The summed E-state index contributed by atoms with van der Waals surface area (Å²) < 4.78 is 18.6. The molecule has 2 N–H and O–H groups in total. The van der Waals surface area contributed by atoms with E-state index < -0.39 is 5.82 Å². The van der Waals surface area contributed by atoms with Gasteiger partial charge in [-0.1, -0.05) is 18.5 Å². The van der Waals surface area contributed by atoms with Crippen LogP contribution in [0.15, 0.2) is 12.1 Å². The summed E-state index contributed by atoms with van der Waals surface area (Å²) in [5.41, 5.74) is 6.49. The van der Waals surface area contributed by atoms with Gasteiger partial charge in [-0.3, -0.25) is 0 Å². The number of ether oxygens (including phenoxy) is 1. The standard InChI is InChI=1S/C11H15ClFNO.ClH/c1-3-10(14)7-5-8(12)11(15-4-2)9(13)6-7;/h5-6,10H,3-4,14H2,1-2H3;1H/t10-;/m1./s1. The zero-order valence-electron chi connectivity index (χ0n) is 9.30. The molecule has 0 saturated heterocycles. The zero-order valence-corrected chi connectivity index (χ0v) is 10.9. The molecule has 0 amide bonds. The molecule has 16 heavy (non-hydrogen) atoms. The quantitative estimate of drug-likeness (QED) is 0.903. The van der Waals surface area contributed by atoms with Crippen LogP contribution in [0.3, 0.4) is 0 Å². The third-order valence-electron chi connectivity index (χ3n) is 2.18. The van der Waals surface area contributed by atoms with Crippen molar-refractivity contribution >= 4 is 24.0 Å². The predicted molar refractivity (Wildman–Crippen MR) is 67.0 cm³/mol. The first-order valence-corrected chi connectivity index (χ1v) is 5.35. The van der Waals surface area contributed by atoms with E-state index in [0.29, 0.717) is 12.2 Å². The summed E-state index contributed by atoms with van der Waals surface area (Å²) in [5.74, 6) is -0.352. The Labute approximate surface area is 106 Å². The van der Waals surface area contributed by atoms with E-state index >= 15 is 0 Å². The summed E-state index contributed by atoms with van der Waals surface area (Å²) in [6.07, 6.45) is 0.740. The van der Waals surface area contributed by atoms with Gasteiger partial charge in [-0.15, -0.1) is 12.4 Å². The lowest BCUT2D eigenvalue weighted by Crippen LogP contribution is -2.09. The summed E-state index contributed by atoms with van der Waals surface area (Å²) in [7, 11) is 0. The van der Waals surface area contributed by atoms with Crippen molar-refractivity contribution in [1.29, 1.82) is 0 Å². The van der Waals surface area contributed by atoms with Crippen LogP contribution in [0, 0.1) is 5.82 Å². The number of rotatable bonds is 4. The summed E-state index contributed by atoms with van der Waals surface area (Å²) in [4.78, 5) is 0. The summed E-state index contributed by atoms with van der Waals surface area (Å²) in [5, 5.41) is 0.274. The van der Waals surface area contributed by atoms with Gasteiger partial charge in [0.2, 0.25) is 0 Å². The SMILES string of the molecule is CCOc1c(F)cc([C@H](N)CC)cc1Cl.Cl. The minimum atomic E-state index is -0.455. The maximum Gasteiger partial charge on any atom is 0.173 e. The number of hydrogen-bond acceptors (Lipinski definition) is 2. The first kappa shape index (κ1) is 15.5. The van der Waals surface area contributed by atoms with Gasteiger partial charge in [-0.05, 0) is 31.0 Å². The van der Waals surface area contributed by atoms with Crippen molar-refractivity contribution in [3.8, 4) is 5.75 Å². The van der Waals surface area contributed by atoms with E-state index in [2.05, 4.69) is 0 Å². The lowest BCUT2D eigenvalue weighted by molar-refractivity contribution is 0.321. The molecule has 1 aromatic rings. The molecular formula is C11H16Cl2FNO. The van der Waals surface area contributed by atoms with Crippen LogP contribution in [0.25, 0.3) is 0 Å². The normalized spacial score (nSPS) is 11.8. The van der Waals surface area contributed by atoms with Crippen molar-refractivity contribution in [2.75, 3.05) is 6.61 Å².